The molecule has 0 aliphatic heterocycles. The lowest BCUT2D eigenvalue weighted by Crippen LogP contribution is -1.97. The highest BCUT2D eigenvalue weighted by atomic mass is 19.1. The molecular weight excluding hydrogens is 127 g/mol. The summed E-state index contributed by atoms with van der Waals surface area (Å²) in [4.78, 5) is 9.38. The number of ether oxygens (including phenoxy) is 1. The molecule has 0 aromatic rings. The number of carboxylic acid groups (broad SMARTS) is 1. The van der Waals surface area contributed by atoms with E-state index < -0.39 is 6.16 Å². The zero-order valence-electron chi connectivity index (χ0n) is 5.13. The van der Waals surface area contributed by atoms with Crippen molar-refractivity contribution < 1.29 is 19.0 Å². The third kappa shape index (κ3) is 45.0. The number of carbonyl (C=O) groups is 1. The highest BCUT2D eigenvalue weighted by Crippen LogP contribution is 1.69. The third-order valence-corrected chi connectivity index (χ3v) is 0.268. The molecule has 0 saturated heterocycles. The van der Waals surface area contributed by atoms with Gasteiger partial charge in [0.05, 0.1) is 12.9 Å². The molecule has 4 heteroatoms. The van der Waals surface area contributed by atoms with Crippen molar-refractivity contribution in [1.29, 1.82) is 0 Å². The van der Waals surface area contributed by atoms with Gasteiger partial charge in [-0.25, -0.2) is 9.18 Å². The molecule has 0 fully saturated rings. The second-order valence-electron chi connectivity index (χ2n) is 0.853. The quantitative estimate of drug-likeness (QED) is 0.559. The van der Waals surface area contributed by atoms with Gasteiger partial charge in [-0.15, -0.1) is 0 Å². The van der Waals surface area contributed by atoms with Crippen molar-refractivity contribution in [3.63, 3.8) is 0 Å². The molecular formula is C5H9FO3. The maximum atomic E-state index is 10.1. The molecule has 0 atom stereocenters. The molecule has 0 aliphatic carbocycles. The van der Waals surface area contributed by atoms with Gasteiger partial charge in [-0.1, -0.05) is 6.58 Å². The molecule has 0 bridgehead atoms. The smallest absolute Gasteiger partial charge is 0.450 e. The fraction of sp³-hybridized carbons (Fsp3) is 0.400. The molecule has 0 aromatic heterocycles. The molecule has 0 heterocycles. The first kappa shape index (κ1) is 10.8. The van der Waals surface area contributed by atoms with E-state index in [4.69, 9.17) is 5.11 Å². The van der Waals surface area contributed by atoms with Gasteiger partial charge >= 0.3 is 6.16 Å². The molecule has 3 nitrogen and oxygen atoms in total. The molecule has 0 amide bonds. The lowest BCUT2D eigenvalue weighted by Gasteiger charge is -1.87. The molecule has 0 aromatic carbocycles. The van der Waals surface area contributed by atoms with Gasteiger partial charge in [-0.2, -0.15) is 0 Å². The highest BCUT2D eigenvalue weighted by molar-refractivity contribution is 5.56. The summed E-state index contributed by atoms with van der Waals surface area (Å²) in [5, 5.41) is 7.69. The van der Waals surface area contributed by atoms with E-state index in [1.807, 2.05) is 0 Å². The Morgan fingerprint density at radius 2 is 2.33 bits per heavy atom. The average molecular weight is 136 g/mol. The predicted molar refractivity (Wildman–Crippen MR) is 31.0 cm³/mol. The summed E-state index contributed by atoms with van der Waals surface area (Å²) < 4.78 is 14.0. The van der Waals surface area contributed by atoms with E-state index in [-0.39, 0.29) is 12.9 Å². The molecule has 1 N–H and O–H groups in total. The Bertz CT molecular complexity index is 82.3. The van der Waals surface area contributed by atoms with E-state index in [0.29, 0.717) is 0 Å². The lowest BCUT2D eigenvalue weighted by molar-refractivity contribution is 0.0966. The van der Waals surface area contributed by atoms with E-state index in [9.17, 15) is 9.18 Å². The Morgan fingerprint density at radius 1 is 2.00 bits per heavy atom. The van der Waals surface area contributed by atoms with Gasteiger partial charge in [0, 0.05) is 0 Å². The standard InChI is InChI=1S/C3H6O3.C2H3F/c1-2-6-3(4)5;1-2-3/h2H2,1H3,(H,4,5);2H,1H2. The Labute approximate surface area is 52.8 Å². The van der Waals surface area contributed by atoms with Crippen molar-refractivity contribution in [2.75, 3.05) is 6.61 Å². The third-order valence-electron chi connectivity index (χ3n) is 0.268. The van der Waals surface area contributed by atoms with Crippen LogP contribution in [0.5, 0.6) is 0 Å². The van der Waals surface area contributed by atoms with Gasteiger partial charge in [0.1, 0.15) is 0 Å². The summed E-state index contributed by atoms with van der Waals surface area (Å²) in [6.45, 7) is 4.55. The summed E-state index contributed by atoms with van der Waals surface area (Å²) in [5.74, 6) is 0. The Balaban J connectivity index is 0. The number of hydrogen-bond donors (Lipinski definition) is 1. The van der Waals surface area contributed by atoms with Crippen LogP contribution in [0.15, 0.2) is 12.9 Å². The van der Waals surface area contributed by atoms with Gasteiger partial charge in [0.15, 0.2) is 0 Å². The summed E-state index contributed by atoms with van der Waals surface area (Å²) in [5.41, 5.74) is 0. The predicted octanol–water partition coefficient (Wildman–Crippen LogP) is 1.80. The summed E-state index contributed by atoms with van der Waals surface area (Å²) in [6, 6.07) is 0. The van der Waals surface area contributed by atoms with Gasteiger partial charge in [0.25, 0.3) is 0 Å². The second kappa shape index (κ2) is 10.0. The second-order valence-corrected chi connectivity index (χ2v) is 0.853. The topological polar surface area (TPSA) is 46.5 Å². The average Bonchev–Trinajstić information content (AvgIpc) is 1.67. The molecule has 54 valence electrons. The minimum Gasteiger partial charge on any atom is -0.450 e. The van der Waals surface area contributed by atoms with Crippen LogP contribution in [0.25, 0.3) is 0 Å². The van der Waals surface area contributed by atoms with E-state index in [1.54, 1.807) is 6.92 Å². The van der Waals surface area contributed by atoms with Gasteiger partial charge in [0.2, 0.25) is 0 Å². The van der Waals surface area contributed by atoms with Crippen LogP contribution in [0.3, 0.4) is 0 Å². The van der Waals surface area contributed by atoms with E-state index in [0.717, 1.165) is 0 Å². The largest absolute Gasteiger partial charge is 0.505 e. The Hall–Kier alpha value is -1.06. The van der Waals surface area contributed by atoms with Crippen molar-refractivity contribution >= 4 is 6.16 Å². The van der Waals surface area contributed by atoms with Crippen molar-refractivity contribution in [3.8, 4) is 0 Å². The van der Waals surface area contributed by atoms with Crippen LogP contribution < -0.4 is 0 Å². The van der Waals surface area contributed by atoms with Crippen LogP contribution in [0, 0.1) is 0 Å². The first-order chi connectivity index (χ1) is 4.18. The summed E-state index contributed by atoms with van der Waals surface area (Å²) in [6.07, 6.45) is -0.961. The zero-order valence-corrected chi connectivity index (χ0v) is 5.13. The summed E-state index contributed by atoms with van der Waals surface area (Å²) in [7, 11) is 0. The first-order valence-electron chi connectivity index (χ1n) is 2.25. The fourth-order valence-electron chi connectivity index (χ4n) is 0.123. The fourth-order valence-corrected chi connectivity index (χ4v) is 0.123. The monoisotopic (exact) mass is 136 g/mol. The maximum Gasteiger partial charge on any atom is 0.505 e. The Kier molecular flexibility index (Phi) is 12.1. The minimum atomic E-state index is -1.21. The SMILES string of the molecule is C=CF.CCOC(=O)O. The van der Waals surface area contributed by atoms with Crippen LogP contribution in [0.2, 0.25) is 0 Å². The molecule has 0 rings (SSSR count). The zero-order chi connectivity index (χ0) is 7.70. The highest BCUT2D eigenvalue weighted by Gasteiger charge is 1.86. The lowest BCUT2D eigenvalue weighted by atomic mass is 10.9. The van der Waals surface area contributed by atoms with Crippen molar-refractivity contribution in [1.82, 2.24) is 0 Å². The van der Waals surface area contributed by atoms with Crippen molar-refractivity contribution in [3.05, 3.63) is 12.9 Å². The maximum absolute atomic E-state index is 10.1. The van der Waals surface area contributed by atoms with E-state index in [1.165, 1.54) is 0 Å². The number of rotatable bonds is 1. The molecule has 0 spiro atoms. The molecule has 0 unspecified atom stereocenters. The van der Waals surface area contributed by atoms with Gasteiger partial charge in [-0.3, -0.25) is 0 Å². The minimum absolute atomic E-state index is 0.231. The van der Waals surface area contributed by atoms with Gasteiger partial charge in [-0.05, 0) is 6.92 Å². The molecule has 0 aliphatic rings. The number of hydrogen-bond acceptors (Lipinski definition) is 2. The van der Waals surface area contributed by atoms with Crippen LogP contribution in [-0.2, 0) is 4.74 Å². The van der Waals surface area contributed by atoms with Crippen LogP contribution in [-0.4, -0.2) is 17.9 Å². The van der Waals surface area contributed by atoms with Crippen LogP contribution >= 0.6 is 0 Å². The molecule has 9 heavy (non-hydrogen) atoms. The first-order valence-corrected chi connectivity index (χ1v) is 2.25. The van der Waals surface area contributed by atoms with E-state index in [2.05, 4.69) is 11.3 Å². The van der Waals surface area contributed by atoms with E-state index >= 15 is 0 Å². The normalized spacial score (nSPS) is 6.44. The Morgan fingerprint density at radius 3 is 2.33 bits per heavy atom. The molecule has 0 radical (unpaired) electrons. The summed E-state index contributed by atoms with van der Waals surface area (Å²) >= 11 is 0. The van der Waals surface area contributed by atoms with Crippen molar-refractivity contribution in [2.24, 2.45) is 0 Å². The van der Waals surface area contributed by atoms with Crippen LogP contribution in [0.4, 0.5) is 9.18 Å². The van der Waals surface area contributed by atoms with Crippen molar-refractivity contribution in [2.45, 2.75) is 6.92 Å². The van der Waals surface area contributed by atoms with Gasteiger partial charge < -0.3 is 9.84 Å². The molecule has 0 saturated carbocycles. The van der Waals surface area contributed by atoms with Crippen LogP contribution in [0.1, 0.15) is 6.92 Å². The number of halogens is 1.